The predicted octanol–water partition coefficient (Wildman–Crippen LogP) is 3.30. The van der Waals surface area contributed by atoms with E-state index in [-0.39, 0.29) is 25.0 Å². The molecule has 0 aliphatic carbocycles. The molecule has 0 aliphatic heterocycles. The van der Waals surface area contributed by atoms with E-state index in [1.165, 1.54) is 6.07 Å². The zero-order valence-corrected chi connectivity index (χ0v) is 18.9. The third-order valence-corrected chi connectivity index (χ3v) is 5.00. The molecular formula is C24H34N2O6. The van der Waals surface area contributed by atoms with Gasteiger partial charge in [0, 0.05) is 30.4 Å². The number of nitrogens with two attached hydrogens (primary N) is 1. The van der Waals surface area contributed by atoms with E-state index in [9.17, 15) is 14.4 Å². The maximum absolute atomic E-state index is 12.2. The van der Waals surface area contributed by atoms with Gasteiger partial charge in [-0.3, -0.25) is 9.59 Å². The van der Waals surface area contributed by atoms with Gasteiger partial charge in [-0.25, -0.2) is 4.79 Å². The van der Waals surface area contributed by atoms with Crippen LogP contribution >= 0.6 is 0 Å². The Balaban J connectivity index is 1.88. The first kappa shape index (κ1) is 25.4. The fourth-order valence-corrected chi connectivity index (χ4v) is 3.13. The minimum absolute atomic E-state index is 0.165. The highest BCUT2D eigenvalue weighted by atomic mass is 16.5. The van der Waals surface area contributed by atoms with Gasteiger partial charge in [0.05, 0.1) is 19.2 Å². The van der Waals surface area contributed by atoms with Crippen molar-refractivity contribution in [1.29, 1.82) is 0 Å². The molecule has 1 amide bonds. The van der Waals surface area contributed by atoms with Crippen molar-refractivity contribution >= 4 is 22.8 Å². The molecule has 0 radical (unpaired) electrons. The number of carbonyl (C=O) groups is 2. The second-order valence-electron chi connectivity index (χ2n) is 7.90. The van der Waals surface area contributed by atoms with Gasteiger partial charge >= 0.3 is 11.6 Å². The lowest BCUT2D eigenvalue weighted by atomic mass is 10.1. The number of amides is 1. The molecule has 0 spiro atoms. The van der Waals surface area contributed by atoms with Gasteiger partial charge in [-0.05, 0) is 31.5 Å². The molecule has 2 atom stereocenters. The molecule has 0 saturated heterocycles. The Labute approximate surface area is 188 Å². The van der Waals surface area contributed by atoms with Gasteiger partial charge in [-0.2, -0.15) is 0 Å². The van der Waals surface area contributed by atoms with Crippen LogP contribution in [0.4, 0.5) is 0 Å². The summed E-state index contributed by atoms with van der Waals surface area (Å²) in [6, 6.07) is 7.62. The number of ether oxygens (including phenoxy) is 2. The van der Waals surface area contributed by atoms with Crippen LogP contribution in [0.1, 0.15) is 58.8 Å². The van der Waals surface area contributed by atoms with Crippen molar-refractivity contribution in [2.45, 2.75) is 70.9 Å². The summed E-state index contributed by atoms with van der Waals surface area (Å²) >= 11 is 0. The Kier molecular flexibility index (Phi) is 10.7. The summed E-state index contributed by atoms with van der Waals surface area (Å²) in [6.07, 6.45) is 5.42. The van der Waals surface area contributed by atoms with Crippen LogP contribution in [-0.4, -0.2) is 37.2 Å². The zero-order chi connectivity index (χ0) is 23.3. The minimum atomic E-state index is -0.645. The van der Waals surface area contributed by atoms with Crippen LogP contribution in [0.3, 0.4) is 0 Å². The molecule has 0 fully saturated rings. The number of nitrogens with one attached hydrogen (secondary N) is 1. The fourth-order valence-electron chi connectivity index (χ4n) is 3.13. The smallest absolute Gasteiger partial charge is 0.336 e. The lowest BCUT2D eigenvalue weighted by Gasteiger charge is -2.19. The molecule has 2 rings (SSSR count). The summed E-state index contributed by atoms with van der Waals surface area (Å²) in [6.45, 7) is 4.15. The summed E-state index contributed by atoms with van der Waals surface area (Å²) in [5, 5.41) is 3.50. The number of unbranched alkanes of at least 4 members (excludes halogenated alkanes) is 4. The maximum Gasteiger partial charge on any atom is 0.336 e. The molecule has 1 unspecified atom stereocenters. The molecule has 3 N–H and O–H groups in total. The molecule has 8 nitrogen and oxygen atoms in total. The Bertz CT molecular complexity index is 924. The lowest BCUT2D eigenvalue weighted by molar-refractivity contribution is -0.150. The summed E-state index contributed by atoms with van der Waals surface area (Å²) in [4.78, 5) is 35.4. The summed E-state index contributed by atoms with van der Waals surface area (Å²) in [5.74, 6) is -0.0578. The molecule has 8 heteroatoms. The molecule has 1 heterocycles. The van der Waals surface area contributed by atoms with E-state index >= 15 is 0 Å². The number of hydrogen-bond donors (Lipinski definition) is 2. The number of hydrogen-bond acceptors (Lipinski definition) is 7. The average molecular weight is 447 g/mol. The van der Waals surface area contributed by atoms with Gasteiger partial charge in [-0.1, -0.05) is 32.6 Å². The van der Waals surface area contributed by atoms with Crippen LogP contribution in [0.5, 0.6) is 5.75 Å². The van der Waals surface area contributed by atoms with Crippen LogP contribution in [-0.2, 0) is 14.3 Å². The molecule has 176 valence electrons. The number of fused-ring (bicyclic) bond motifs is 1. The molecule has 0 aliphatic rings. The first-order valence-corrected chi connectivity index (χ1v) is 11.3. The standard InChI is InChI=1S/C24H34N2O6/c1-3-4-5-6-7-8-22(27)31-20(16-26-24(29)17(2)25)13-14-30-19-11-9-18-10-12-23(28)32-21(18)15-19/h9-12,15,17,20H,3-8,13-14,16,25H2,1-2H3,(H,26,29)/t17-,20?/m0/s1. The lowest BCUT2D eigenvalue weighted by Crippen LogP contribution is -2.43. The third kappa shape index (κ3) is 9.09. The molecule has 1 aromatic carbocycles. The fraction of sp³-hybridized carbons (Fsp3) is 0.542. The first-order valence-electron chi connectivity index (χ1n) is 11.3. The van der Waals surface area contributed by atoms with Gasteiger partial charge in [0.15, 0.2) is 0 Å². The number of rotatable bonds is 14. The van der Waals surface area contributed by atoms with Gasteiger partial charge in [-0.15, -0.1) is 0 Å². The van der Waals surface area contributed by atoms with Crippen molar-refractivity contribution in [2.24, 2.45) is 5.73 Å². The SMILES string of the molecule is CCCCCCCC(=O)OC(CCOc1ccc2ccc(=O)oc2c1)CNC(=O)[C@H](C)N. The second kappa shape index (κ2) is 13.5. The predicted molar refractivity (Wildman–Crippen MR) is 123 cm³/mol. The summed E-state index contributed by atoms with van der Waals surface area (Å²) in [5.41, 5.74) is 5.59. The highest BCUT2D eigenvalue weighted by Crippen LogP contribution is 2.20. The Morgan fingerprint density at radius 3 is 2.62 bits per heavy atom. The van der Waals surface area contributed by atoms with E-state index in [2.05, 4.69) is 12.2 Å². The number of benzene rings is 1. The molecule has 0 bridgehead atoms. The van der Waals surface area contributed by atoms with Crippen molar-refractivity contribution in [3.63, 3.8) is 0 Å². The van der Waals surface area contributed by atoms with Crippen molar-refractivity contribution < 1.29 is 23.5 Å². The van der Waals surface area contributed by atoms with Crippen LogP contribution in [0.25, 0.3) is 11.0 Å². The highest BCUT2D eigenvalue weighted by molar-refractivity contribution is 5.81. The normalized spacial score (nSPS) is 12.8. The summed E-state index contributed by atoms with van der Waals surface area (Å²) < 4.78 is 16.5. The molecular weight excluding hydrogens is 412 g/mol. The van der Waals surface area contributed by atoms with E-state index < -0.39 is 17.8 Å². The van der Waals surface area contributed by atoms with Gasteiger partial charge in [0.1, 0.15) is 17.4 Å². The van der Waals surface area contributed by atoms with E-state index in [1.54, 1.807) is 31.2 Å². The van der Waals surface area contributed by atoms with E-state index in [0.29, 0.717) is 24.2 Å². The number of carbonyl (C=O) groups excluding carboxylic acids is 2. The largest absolute Gasteiger partial charge is 0.493 e. The van der Waals surface area contributed by atoms with Gasteiger partial charge in [0.25, 0.3) is 0 Å². The summed E-state index contributed by atoms with van der Waals surface area (Å²) in [7, 11) is 0. The zero-order valence-electron chi connectivity index (χ0n) is 18.9. The molecule has 2 aromatic rings. The third-order valence-electron chi connectivity index (χ3n) is 5.00. The van der Waals surface area contributed by atoms with E-state index in [0.717, 1.165) is 37.5 Å². The molecule has 0 saturated carbocycles. The maximum atomic E-state index is 12.2. The van der Waals surface area contributed by atoms with Gasteiger partial charge in [0.2, 0.25) is 5.91 Å². The number of esters is 1. The molecule has 1 aromatic heterocycles. The van der Waals surface area contributed by atoms with Crippen molar-refractivity contribution in [3.05, 3.63) is 40.8 Å². The molecule has 32 heavy (non-hydrogen) atoms. The Hall–Kier alpha value is -2.87. The Morgan fingerprint density at radius 2 is 1.88 bits per heavy atom. The van der Waals surface area contributed by atoms with E-state index in [4.69, 9.17) is 19.6 Å². The van der Waals surface area contributed by atoms with Crippen LogP contribution in [0.15, 0.2) is 39.5 Å². The minimum Gasteiger partial charge on any atom is -0.493 e. The quantitative estimate of drug-likeness (QED) is 0.259. The first-order chi connectivity index (χ1) is 15.4. The second-order valence-corrected chi connectivity index (χ2v) is 7.90. The van der Waals surface area contributed by atoms with Crippen LogP contribution in [0.2, 0.25) is 0 Å². The van der Waals surface area contributed by atoms with Crippen LogP contribution < -0.4 is 21.4 Å². The van der Waals surface area contributed by atoms with Crippen molar-refractivity contribution in [2.75, 3.05) is 13.2 Å². The Morgan fingerprint density at radius 1 is 1.12 bits per heavy atom. The monoisotopic (exact) mass is 446 g/mol. The van der Waals surface area contributed by atoms with Crippen LogP contribution in [0, 0.1) is 0 Å². The highest BCUT2D eigenvalue weighted by Gasteiger charge is 2.17. The van der Waals surface area contributed by atoms with Crippen molar-refractivity contribution in [1.82, 2.24) is 5.32 Å². The van der Waals surface area contributed by atoms with Crippen molar-refractivity contribution in [3.8, 4) is 5.75 Å². The van der Waals surface area contributed by atoms with E-state index in [1.807, 2.05) is 0 Å². The topological polar surface area (TPSA) is 121 Å². The average Bonchev–Trinajstić information content (AvgIpc) is 2.76. The van der Waals surface area contributed by atoms with Gasteiger partial charge < -0.3 is 24.9 Å².